The molecule has 0 saturated carbocycles. The maximum atomic E-state index is 10.7. The van der Waals surface area contributed by atoms with Gasteiger partial charge in [0, 0.05) is 18.2 Å². The lowest BCUT2D eigenvalue weighted by Crippen LogP contribution is -2.21. The Kier molecular flexibility index (Phi) is 5.45. The molecular weight excluding hydrogens is 308 g/mol. The molecule has 0 amide bonds. The molecule has 0 saturated heterocycles. The first kappa shape index (κ1) is 14.5. The van der Waals surface area contributed by atoms with Crippen molar-refractivity contribution in [2.75, 3.05) is 5.75 Å². The Balaban J connectivity index is 2.77. The zero-order chi connectivity index (χ0) is 13.0. The number of benzene rings is 1. The van der Waals surface area contributed by atoms with E-state index < -0.39 is 12.2 Å². The number of aromatic hydroxyl groups is 1. The molecule has 0 aliphatic carbocycles. The normalized spacial score (nSPS) is 14.4. The Labute approximate surface area is 112 Å². The van der Waals surface area contributed by atoms with Crippen LogP contribution in [0.5, 0.6) is 5.75 Å². The quantitative estimate of drug-likeness (QED) is 0.789. The molecule has 1 aromatic carbocycles. The number of rotatable bonds is 4. The zero-order valence-corrected chi connectivity index (χ0v) is 11.5. The van der Waals surface area contributed by atoms with Gasteiger partial charge < -0.3 is 15.3 Å². The van der Waals surface area contributed by atoms with E-state index in [9.17, 15) is 20.1 Å². The van der Waals surface area contributed by atoms with Crippen LogP contribution in [0.1, 0.15) is 18.6 Å². The molecule has 17 heavy (non-hydrogen) atoms. The van der Waals surface area contributed by atoms with Gasteiger partial charge in [-0.05, 0) is 22.0 Å². The molecule has 0 aliphatic heterocycles. The lowest BCUT2D eigenvalue weighted by atomic mass is 10.0. The van der Waals surface area contributed by atoms with Gasteiger partial charge in [0.2, 0.25) is 0 Å². The average Bonchev–Trinajstić information content (AvgIpc) is 2.28. The van der Waals surface area contributed by atoms with E-state index in [2.05, 4.69) is 15.9 Å². The highest BCUT2D eigenvalue weighted by atomic mass is 79.9. The molecular formula is C11H13BrO4S. The molecule has 2 unspecified atom stereocenters. The zero-order valence-electron chi connectivity index (χ0n) is 9.13. The monoisotopic (exact) mass is 320 g/mol. The molecule has 2 atom stereocenters. The summed E-state index contributed by atoms with van der Waals surface area (Å²) in [6.07, 6.45) is -2.33. The van der Waals surface area contributed by atoms with Gasteiger partial charge in [-0.25, -0.2) is 0 Å². The maximum absolute atomic E-state index is 10.7. The van der Waals surface area contributed by atoms with Gasteiger partial charge in [-0.1, -0.05) is 23.9 Å². The summed E-state index contributed by atoms with van der Waals surface area (Å²) in [6, 6.07) is 4.79. The van der Waals surface area contributed by atoms with Crippen molar-refractivity contribution in [3.8, 4) is 5.75 Å². The van der Waals surface area contributed by atoms with Crippen LogP contribution in [-0.4, -0.2) is 32.3 Å². The van der Waals surface area contributed by atoms with E-state index in [0.717, 1.165) is 11.8 Å². The van der Waals surface area contributed by atoms with E-state index >= 15 is 0 Å². The Morgan fingerprint density at radius 2 is 2.12 bits per heavy atom. The van der Waals surface area contributed by atoms with Gasteiger partial charge in [-0.15, -0.1) is 0 Å². The van der Waals surface area contributed by atoms with Crippen molar-refractivity contribution in [1.82, 2.24) is 0 Å². The predicted octanol–water partition coefficient (Wildman–Crippen LogP) is 1.83. The van der Waals surface area contributed by atoms with Gasteiger partial charge in [0.05, 0.1) is 10.6 Å². The van der Waals surface area contributed by atoms with E-state index in [0.29, 0.717) is 4.47 Å². The molecule has 0 radical (unpaired) electrons. The smallest absolute Gasteiger partial charge is 0.185 e. The molecule has 3 N–H and O–H groups in total. The van der Waals surface area contributed by atoms with Gasteiger partial charge in [0.25, 0.3) is 0 Å². The molecule has 0 spiro atoms. The third-order valence-electron chi connectivity index (χ3n) is 2.16. The molecule has 1 aromatic rings. The number of carbonyl (C=O) groups excluding carboxylic acids is 1. The highest BCUT2D eigenvalue weighted by Crippen LogP contribution is 2.33. The van der Waals surface area contributed by atoms with Crippen molar-refractivity contribution in [1.29, 1.82) is 0 Å². The minimum Gasteiger partial charge on any atom is -0.506 e. The second-order valence-corrected chi connectivity index (χ2v) is 5.54. The number of aliphatic hydroxyl groups excluding tert-OH is 2. The SMILES string of the molecule is CC(=O)SCC(O)C(O)c1cccc(Br)c1O. The number of phenols is 1. The highest BCUT2D eigenvalue weighted by Gasteiger charge is 2.22. The van der Waals surface area contributed by atoms with Crippen LogP contribution in [0, 0.1) is 0 Å². The fourth-order valence-electron chi connectivity index (χ4n) is 1.27. The summed E-state index contributed by atoms with van der Waals surface area (Å²) in [5, 5.41) is 29.1. The first-order chi connectivity index (χ1) is 7.93. The highest BCUT2D eigenvalue weighted by molar-refractivity contribution is 9.10. The Morgan fingerprint density at radius 1 is 1.47 bits per heavy atom. The van der Waals surface area contributed by atoms with Crippen LogP contribution >= 0.6 is 27.7 Å². The molecule has 0 fully saturated rings. The molecule has 4 nitrogen and oxygen atoms in total. The van der Waals surface area contributed by atoms with Crippen LogP contribution < -0.4 is 0 Å². The van der Waals surface area contributed by atoms with Crippen molar-refractivity contribution in [3.05, 3.63) is 28.2 Å². The van der Waals surface area contributed by atoms with Crippen LogP contribution in [0.2, 0.25) is 0 Å². The number of hydrogen-bond donors (Lipinski definition) is 3. The number of para-hydroxylation sites is 1. The fourth-order valence-corrected chi connectivity index (χ4v) is 2.24. The standard InChI is InChI=1S/C11H13BrO4S/c1-6(13)17-5-9(14)11(16)7-3-2-4-8(12)10(7)15/h2-4,9,11,14-16H,5H2,1H3. The number of aliphatic hydroxyl groups is 2. The average molecular weight is 321 g/mol. The van der Waals surface area contributed by atoms with Crippen molar-refractivity contribution in [3.63, 3.8) is 0 Å². The molecule has 0 heterocycles. The van der Waals surface area contributed by atoms with Crippen molar-refractivity contribution < 1.29 is 20.1 Å². The topological polar surface area (TPSA) is 77.8 Å². The first-order valence-corrected chi connectivity index (χ1v) is 6.68. The predicted molar refractivity (Wildman–Crippen MR) is 69.9 cm³/mol. The Hall–Kier alpha value is -0.560. The van der Waals surface area contributed by atoms with Gasteiger partial charge in [0.1, 0.15) is 11.9 Å². The first-order valence-electron chi connectivity index (χ1n) is 4.90. The number of carbonyl (C=O) groups is 1. The number of thioether (sulfide) groups is 1. The van der Waals surface area contributed by atoms with E-state index in [1.165, 1.54) is 13.0 Å². The van der Waals surface area contributed by atoms with Crippen molar-refractivity contribution in [2.24, 2.45) is 0 Å². The third kappa shape index (κ3) is 3.99. The molecule has 0 aromatic heterocycles. The van der Waals surface area contributed by atoms with Crippen LogP contribution in [0.15, 0.2) is 22.7 Å². The van der Waals surface area contributed by atoms with Gasteiger partial charge in [-0.2, -0.15) is 0 Å². The summed E-state index contributed by atoms with van der Waals surface area (Å²) in [5.41, 5.74) is 0.232. The van der Waals surface area contributed by atoms with Gasteiger partial charge in [-0.3, -0.25) is 4.79 Å². The second kappa shape index (κ2) is 6.39. The van der Waals surface area contributed by atoms with Crippen LogP contribution in [0.3, 0.4) is 0 Å². The largest absolute Gasteiger partial charge is 0.506 e. The molecule has 0 aliphatic rings. The summed E-state index contributed by atoms with van der Waals surface area (Å²) in [6.45, 7) is 1.39. The molecule has 94 valence electrons. The lowest BCUT2D eigenvalue weighted by Gasteiger charge is -2.18. The number of phenolic OH excluding ortho intramolecular Hbond substituents is 1. The maximum Gasteiger partial charge on any atom is 0.185 e. The summed E-state index contributed by atoms with van der Waals surface area (Å²) in [5.74, 6) is -0.0190. The Morgan fingerprint density at radius 3 is 2.71 bits per heavy atom. The van der Waals surface area contributed by atoms with Crippen molar-refractivity contribution >= 4 is 32.8 Å². The van der Waals surface area contributed by atoms with E-state index in [1.54, 1.807) is 12.1 Å². The lowest BCUT2D eigenvalue weighted by molar-refractivity contribution is -0.109. The summed E-state index contributed by atoms with van der Waals surface area (Å²) in [4.78, 5) is 10.7. The second-order valence-electron chi connectivity index (χ2n) is 3.49. The van der Waals surface area contributed by atoms with Crippen LogP contribution in [-0.2, 0) is 4.79 Å². The minimum absolute atomic E-state index is 0.0858. The van der Waals surface area contributed by atoms with Crippen LogP contribution in [0.4, 0.5) is 0 Å². The Bertz CT molecular complexity index is 410. The summed E-state index contributed by atoms with van der Waals surface area (Å²) < 4.78 is 0.445. The number of halogens is 1. The van der Waals surface area contributed by atoms with Gasteiger partial charge >= 0.3 is 0 Å². The van der Waals surface area contributed by atoms with E-state index in [-0.39, 0.29) is 22.2 Å². The van der Waals surface area contributed by atoms with Crippen LogP contribution in [0.25, 0.3) is 0 Å². The third-order valence-corrected chi connectivity index (χ3v) is 3.71. The van der Waals surface area contributed by atoms with Crippen molar-refractivity contribution in [2.45, 2.75) is 19.1 Å². The summed E-state index contributed by atoms with van der Waals surface area (Å²) >= 11 is 4.05. The van der Waals surface area contributed by atoms with Gasteiger partial charge in [0.15, 0.2) is 5.12 Å². The minimum atomic E-state index is -1.22. The fraction of sp³-hybridized carbons (Fsp3) is 0.364. The molecule has 6 heteroatoms. The van der Waals surface area contributed by atoms with E-state index in [1.807, 2.05) is 0 Å². The number of hydrogen-bond acceptors (Lipinski definition) is 5. The summed E-state index contributed by atoms with van der Waals surface area (Å²) in [7, 11) is 0. The molecule has 1 rings (SSSR count). The van der Waals surface area contributed by atoms with E-state index in [4.69, 9.17) is 0 Å². The molecule has 0 bridgehead atoms.